The summed E-state index contributed by atoms with van der Waals surface area (Å²) in [7, 11) is -9.41. The summed E-state index contributed by atoms with van der Waals surface area (Å²) in [6.07, 6.45) is 0. The van der Waals surface area contributed by atoms with E-state index >= 15 is 0 Å². The lowest BCUT2D eigenvalue weighted by atomic mass is 10.2. The van der Waals surface area contributed by atoms with Crippen molar-refractivity contribution in [3.05, 3.63) is 29.8 Å². The highest BCUT2D eigenvalue weighted by Gasteiger charge is 2.23. The minimum absolute atomic E-state index is 0.0159. The summed E-state index contributed by atoms with van der Waals surface area (Å²) < 4.78 is 91.8. The van der Waals surface area contributed by atoms with Crippen molar-refractivity contribution in [2.45, 2.75) is 16.7 Å². The van der Waals surface area contributed by atoms with Gasteiger partial charge in [0, 0.05) is 12.1 Å². The van der Waals surface area contributed by atoms with E-state index in [0.29, 0.717) is 5.56 Å². The van der Waals surface area contributed by atoms with E-state index in [4.69, 9.17) is 0 Å². The van der Waals surface area contributed by atoms with Crippen molar-refractivity contribution < 1.29 is 38.9 Å². The first kappa shape index (κ1) is 21.3. The van der Waals surface area contributed by atoms with E-state index in [9.17, 15) is 34.7 Å². The van der Waals surface area contributed by atoms with Crippen LogP contribution in [0.5, 0.6) is 5.75 Å². The predicted molar refractivity (Wildman–Crippen MR) is 105 cm³/mol. The van der Waals surface area contributed by atoms with Gasteiger partial charge in [0.15, 0.2) is 11.6 Å². The number of aromatic nitrogens is 4. The monoisotopic (exact) mass is 487 g/mol. The predicted octanol–water partition coefficient (Wildman–Crippen LogP) is 1.08. The van der Waals surface area contributed by atoms with Crippen LogP contribution in [-0.4, -0.2) is 54.6 Å². The fourth-order valence-electron chi connectivity index (χ4n) is 3.03. The molecule has 13 nitrogen and oxygen atoms in total. The van der Waals surface area contributed by atoms with E-state index in [1.807, 2.05) is 0 Å². The number of aromatic amines is 2. The molecule has 0 saturated carbocycles. The molecular weight excluding hydrogens is 476 g/mol. The number of fused-ring (bicyclic) bond motifs is 2. The molecule has 0 bridgehead atoms. The third-order valence-corrected chi connectivity index (χ3v) is 6.23. The first-order chi connectivity index (χ1) is 14.3. The van der Waals surface area contributed by atoms with Crippen molar-refractivity contribution in [2.24, 2.45) is 0 Å². The average Bonchev–Trinajstić information content (AvgIpc) is 3.21. The van der Waals surface area contributed by atoms with E-state index in [2.05, 4.69) is 24.1 Å². The molecule has 2 aromatic heterocycles. The summed E-state index contributed by atoms with van der Waals surface area (Å²) in [6, 6.07) is 4.70. The quantitative estimate of drug-likeness (QED) is 0.231. The number of hydrogen-bond acceptors (Lipinski definition) is 9. The maximum Gasteiger partial charge on any atom is 0.296 e. The number of aryl methyl sites for hydroxylation is 1. The molecule has 16 heteroatoms. The van der Waals surface area contributed by atoms with Gasteiger partial charge in [-0.05, 0) is 24.6 Å². The van der Waals surface area contributed by atoms with Crippen molar-refractivity contribution in [3.8, 4) is 17.4 Å². The van der Waals surface area contributed by atoms with Crippen LogP contribution in [0.4, 0.5) is 0 Å². The zero-order chi connectivity index (χ0) is 22.7. The second-order valence-electron chi connectivity index (χ2n) is 6.39. The number of nitrogens with one attached hydrogen (secondary N) is 2. The molecule has 4 N–H and O–H groups in total. The molecule has 0 radical (unpaired) electrons. The number of imidazole rings is 2. The summed E-state index contributed by atoms with van der Waals surface area (Å²) in [5, 5.41) is 0. The van der Waals surface area contributed by atoms with Gasteiger partial charge in [-0.25, -0.2) is 14.2 Å². The van der Waals surface area contributed by atoms with Gasteiger partial charge in [0.2, 0.25) is 0 Å². The second kappa shape index (κ2) is 7.08. The Morgan fingerprint density at radius 1 is 0.903 bits per heavy atom. The molecule has 0 spiro atoms. The standard InChI is InChI=1S/C15H12N4O9S3/c1-6-2-8-12(10(3-6)30(22,23)24)18-14(16-8)15-17-9-4-7(28-29(20)21)5-11(13(9)19-15)31(25,26)27/h2-5H,1H3,(H,16,18)(H,17,19)(H,20,21)(H,22,23,24)(H,25,26,27)/p-1. The summed E-state index contributed by atoms with van der Waals surface area (Å²) in [5.41, 5.74) is 0.430. The lowest BCUT2D eigenvalue weighted by Gasteiger charge is -2.08. The molecule has 164 valence electrons. The van der Waals surface area contributed by atoms with Gasteiger partial charge in [-0.1, -0.05) is 0 Å². The second-order valence-corrected chi connectivity index (χ2v) is 9.74. The van der Waals surface area contributed by atoms with Crippen LogP contribution >= 0.6 is 0 Å². The Balaban J connectivity index is 1.97. The molecule has 1 atom stereocenters. The van der Waals surface area contributed by atoms with Crippen LogP contribution in [0.15, 0.2) is 34.1 Å². The van der Waals surface area contributed by atoms with Crippen LogP contribution in [0.1, 0.15) is 5.56 Å². The van der Waals surface area contributed by atoms with E-state index in [0.717, 1.165) is 12.1 Å². The van der Waals surface area contributed by atoms with E-state index in [1.54, 1.807) is 13.0 Å². The molecule has 4 rings (SSSR count). The number of nitrogens with zero attached hydrogens (tertiary/aromatic N) is 2. The zero-order valence-corrected chi connectivity index (χ0v) is 17.6. The number of benzene rings is 2. The highest BCUT2D eigenvalue weighted by atomic mass is 32.2. The Morgan fingerprint density at radius 2 is 1.39 bits per heavy atom. The van der Waals surface area contributed by atoms with Gasteiger partial charge in [-0.3, -0.25) is 9.11 Å². The Hall–Kier alpha value is -2.89. The number of hydrogen-bond donors (Lipinski definition) is 4. The third kappa shape index (κ3) is 4.03. The minimum atomic E-state index is -4.82. The summed E-state index contributed by atoms with van der Waals surface area (Å²) in [5.74, 6) is -0.481. The molecule has 0 aliphatic heterocycles. The van der Waals surface area contributed by atoms with Crippen LogP contribution < -0.4 is 4.18 Å². The molecule has 0 saturated heterocycles. The average molecular weight is 487 g/mol. The molecule has 0 amide bonds. The Kier molecular flexibility index (Phi) is 4.87. The smallest absolute Gasteiger partial charge is 0.296 e. The third-order valence-electron chi connectivity index (χ3n) is 4.17. The molecule has 0 fully saturated rings. The molecule has 0 aliphatic rings. The SMILES string of the molecule is Cc1cc(S(=O)(=O)O)c2nc(-c3nc4c(S(=O)(=O)O)cc(OS(=O)[O-])cc4[nH]3)[nH]c2c1. The molecule has 31 heavy (non-hydrogen) atoms. The number of rotatable bonds is 5. The lowest BCUT2D eigenvalue weighted by Crippen LogP contribution is -2.02. The molecule has 2 heterocycles. The molecular formula is C15H11N4O9S3-. The van der Waals surface area contributed by atoms with Crippen LogP contribution in [0, 0.1) is 6.92 Å². The van der Waals surface area contributed by atoms with Gasteiger partial charge in [-0.15, -0.1) is 0 Å². The topological polar surface area (TPSA) is 215 Å². The van der Waals surface area contributed by atoms with Gasteiger partial charge in [0.05, 0.1) is 11.0 Å². The first-order valence-electron chi connectivity index (χ1n) is 8.10. The highest BCUT2D eigenvalue weighted by molar-refractivity contribution is 7.86. The van der Waals surface area contributed by atoms with E-state index < -0.39 is 47.1 Å². The van der Waals surface area contributed by atoms with Crippen LogP contribution in [-0.2, 0) is 31.6 Å². The maximum absolute atomic E-state index is 11.7. The van der Waals surface area contributed by atoms with Gasteiger partial charge < -0.3 is 18.7 Å². The van der Waals surface area contributed by atoms with Crippen molar-refractivity contribution in [1.82, 2.24) is 19.9 Å². The largest absolute Gasteiger partial charge is 0.740 e. The Bertz CT molecular complexity index is 1600. The van der Waals surface area contributed by atoms with E-state index in [1.165, 1.54) is 6.07 Å². The maximum atomic E-state index is 11.7. The number of H-pyrrole nitrogens is 2. The highest BCUT2D eigenvalue weighted by Crippen LogP contribution is 2.31. The summed E-state index contributed by atoms with van der Waals surface area (Å²) in [4.78, 5) is 12.5. The molecule has 2 aromatic carbocycles. The molecule has 1 unspecified atom stereocenters. The van der Waals surface area contributed by atoms with Gasteiger partial charge >= 0.3 is 0 Å². The van der Waals surface area contributed by atoms with Crippen molar-refractivity contribution in [2.75, 3.05) is 0 Å². The van der Waals surface area contributed by atoms with Crippen molar-refractivity contribution in [3.63, 3.8) is 0 Å². The summed E-state index contributed by atoms with van der Waals surface area (Å²) in [6.45, 7) is 1.61. The van der Waals surface area contributed by atoms with Gasteiger partial charge in [0.1, 0.15) is 37.9 Å². The van der Waals surface area contributed by atoms with Crippen LogP contribution in [0.2, 0.25) is 0 Å². The van der Waals surface area contributed by atoms with Crippen LogP contribution in [0.3, 0.4) is 0 Å². The van der Waals surface area contributed by atoms with E-state index in [-0.39, 0.29) is 33.7 Å². The van der Waals surface area contributed by atoms with Crippen molar-refractivity contribution in [1.29, 1.82) is 0 Å². The van der Waals surface area contributed by atoms with Crippen LogP contribution in [0.25, 0.3) is 33.7 Å². The summed E-state index contributed by atoms with van der Waals surface area (Å²) >= 11 is -3.01. The molecule has 0 aliphatic carbocycles. The normalized spacial score (nSPS) is 13.7. The van der Waals surface area contributed by atoms with Gasteiger partial charge in [0.25, 0.3) is 20.2 Å². The fraction of sp³-hybridized carbons (Fsp3) is 0.0667. The Morgan fingerprint density at radius 3 is 1.87 bits per heavy atom. The van der Waals surface area contributed by atoms with Gasteiger partial charge in [-0.2, -0.15) is 16.8 Å². The Labute approximate surface area is 176 Å². The minimum Gasteiger partial charge on any atom is -0.740 e. The first-order valence-corrected chi connectivity index (χ1v) is 12.0. The lowest BCUT2D eigenvalue weighted by molar-refractivity contribution is 0.439. The molecule has 4 aromatic rings. The zero-order valence-electron chi connectivity index (χ0n) is 15.2. The van der Waals surface area contributed by atoms with Crippen molar-refractivity contribution >= 4 is 53.7 Å². The fourth-order valence-corrected chi connectivity index (χ4v) is 4.68.